The van der Waals surface area contributed by atoms with Gasteiger partial charge in [-0.1, -0.05) is 39.8 Å². The Balaban J connectivity index is 1.64. The highest BCUT2D eigenvalue weighted by molar-refractivity contribution is 14.1. The number of carbonyl (C=O) groups excluding carboxylic acids is 2. The summed E-state index contributed by atoms with van der Waals surface area (Å²) in [5, 5.41) is 19.1. The molecule has 2 aliphatic carbocycles. The molecule has 5 rings (SSSR count). The van der Waals surface area contributed by atoms with Crippen molar-refractivity contribution in [1.29, 1.82) is 0 Å². The van der Waals surface area contributed by atoms with Gasteiger partial charge in [-0.05, 0) is 88.6 Å². The van der Waals surface area contributed by atoms with Gasteiger partial charge in [0.15, 0.2) is 23.1 Å². The Morgan fingerprint density at radius 3 is 1.93 bits per heavy atom. The predicted octanol–water partition coefficient (Wildman–Crippen LogP) is 6.74. The van der Waals surface area contributed by atoms with Gasteiger partial charge in [-0.3, -0.25) is 14.4 Å². The molecule has 0 fully saturated rings. The zero-order valence-corrected chi connectivity index (χ0v) is 28.3. The van der Waals surface area contributed by atoms with E-state index in [1.165, 1.54) is 12.1 Å². The first-order valence-corrected chi connectivity index (χ1v) is 16.1. The standard InChI is InChI=1S/C35H38INO8/c1-6-44-27-12-21(11-22(36)32(27)45-18-19-7-9-20(10-8-19)33(42)43)29-30-23(13-34(2,3)15-25(30)38)37(17-28(40)41)24-14-35(4,5)16-26(39)31(24)29/h7-12,29H,6,13-18H2,1-5H3,(H,40,41)(H,42,43). The van der Waals surface area contributed by atoms with Crippen molar-refractivity contribution in [3.05, 3.63) is 79.2 Å². The van der Waals surface area contributed by atoms with Crippen LogP contribution in [0.15, 0.2) is 58.9 Å². The Labute approximate surface area is 276 Å². The molecule has 45 heavy (non-hydrogen) atoms. The van der Waals surface area contributed by atoms with E-state index in [2.05, 4.69) is 22.6 Å². The summed E-state index contributed by atoms with van der Waals surface area (Å²) in [5.41, 5.74) is 3.31. The number of carboxylic acids is 2. The number of benzene rings is 2. The molecule has 2 aromatic rings. The molecule has 0 bridgehead atoms. The first-order valence-electron chi connectivity index (χ1n) is 15.0. The van der Waals surface area contributed by atoms with E-state index < -0.39 is 17.9 Å². The average Bonchev–Trinajstić information content (AvgIpc) is 2.92. The van der Waals surface area contributed by atoms with Crippen molar-refractivity contribution in [3.8, 4) is 11.5 Å². The summed E-state index contributed by atoms with van der Waals surface area (Å²) < 4.78 is 13.0. The lowest BCUT2D eigenvalue weighted by molar-refractivity contribution is -0.138. The third-order valence-electron chi connectivity index (χ3n) is 8.56. The molecule has 3 aliphatic rings. The van der Waals surface area contributed by atoms with Crippen molar-refractivity contribution >= 4 is 46.1 Å². The van der Waals surface area contributed by atoms with Crippen LogP contribution in [0.2, 0.25) is 0 Å². The molecule has 0 spiro atoms. The Hall–Kier alpha value is -3.67. The number of carbonyl (C=O) groups is 4. The SMILES string of the molecule is CCOc1cc(C2C3=C(CC(C)(C)CC3=O)N(CC(=O)O)C3=C2C(=O)CC(C)(C)C3)cc(I)c1OCc1ccc(C(=O)O)cc1. The molecule has 2 aromatic carbocycles. The number of carboxylic acid groups (broad SMARTS) is 2. The molecule has 238 valence electrons. The largest absolute Gasteiger partial charge is 0.490 e. The van der Waals surface area contributed by atoms with Crippen molar-refractivity contribution in [2.45, 2.75) is 72.8 Å². The van der Waals surface area contributed by atoms with Gasteiger partial charge in [0.25, 0.3) is 0 Å². The molecule has 0 saturated carbocycles. The Morgan fingerprint density at radius 2 is 1.44 bits per heavy atom. The third-order valence-corrected chi connectivity index (χ3v) is 9.37. The fraction of sp³-hybridized carbons (Fsp3) is 0.429. The summed E-state index contributed by atoms with van der Waals surface area (Å²) in [7, 11) is 0. The second-order valence-corrected chi connectivity index (χ2v) is 14.7. The van der Waals surface area contributed by atoms with Crippen molar-refractivity contribution in [2.24, 2.45) is 10.8 Å². The summed E-state index contributed by atoms with van der Waals surface area (Å²) >= 11 is 2.17. The van der Waals surface area contributed by atoms with Gasteiger partial charge >= 0.3 is 11.9 Å². The van der Waals surface area contributed by atoms with Gasteiger partial charge in [0.2, 0.25) is 0 Å². The zero-order chi connectivity index (χ0) is 32.8. The van der Waals surface area contributed by atoms with E-state index in [1.807, 2.05) is 46.8 Å². The van der Waals surface area contributed by atoms with E-state index in [9.17, 15) is 29.4 Å². The monoisotopic (exact) mass is 727 g/mol. The fourth-order valence-corrected chi connectivity index (χ4v) is 7.54. The molecule has 1 aliphatic heterocycles. The molecule has 1 heterocycles. The van der Waals surface area contributed by atoms with Crippen LogP contribution in [-0.2, 0) is 21.0 Å². The normalized spacial score (nSPS) is 19.3. The first-order chi connectivity index (χ1) is 21.1. The van der Waals surface area contributed by atoms with E-state index in [1.54, 1.807) is 17.0 Å². The number of allylic oxidation sites excluding steroid dienone is 4. The lowest BCUT2D eigenvalue weighted by Crippen LogP contribution is -2.45. The van der Waals surface area contributed by atoms with Crippen LogP contribution in [0.1, 0.15) is 87.7 Å². The van der Waals surface area contributed by atoms with E-state index >= 15 is 0 Å². The maximum atomic E-state index is 14.0. The molecular weight excluding hydrogens is 689 g/mol. The van der Waals surface area contributed by atoms with E-state index in [0.29, 0.717) is 66.3 Å². The van der Waals surface area contributed by atoms with Crippen LogP contribution in [0, 0.1) is 14.4 Å². The van der Waals surface area contributed by atoms with Crippen LogP contribution in [0.4, 0.5) is 0 Å². The minimum atomic E-state index is -1.02. The zero-order valence-electron chi connectivity index (χ0n) is 26.2. The summed E-state index contributed by atoms with van der Waals surface area (Å²) in [6.07, 6.45) is 1.62. The molecule has 0 unspecified atom stereocenters. The van der Waals surface area contributed by atoms with Crippen molar-refractivity contribution < 1.29 is 38.9 Å². The van der Waals surface area contributed by atoms with Gasteiger partial charge in [-0.15, -0.1) is 0 Å². The van der Waals surface area contributed by atoms with E-state index in [4.69, 9.17) is 9.47 Å². The predicted molar refractivity (Wildman–Crippen MR) is 175 cm³/mol. The summed E-state index contributed by atoms with van der Waals surface area (Å²) in [6, 6.07) is 10.2. The molecule has 9 nitrogen and oxygen atoms in total. The molecule has 0 saturated heterocycles. The summed E-state index contributed by atoms with van der Waals surface area (Å²) in [5.74, 6) is -1.87. The number of hydrogen-bond acceptors (Lipinski definition) is 7. The maximum absolute atomic E-state index is 14.0. The molecule has 0 radical (unpaired) electrons. The molecule has 0 amide bonds. The second kappa shape index (κ2) is 12.3. The van der Waals surface area contributed by atoms with Gasteiger partial charge in [0.05, 0.1) is 15.7 Å². The van der Waals surface area contributed by atoms with Gasteiger partial charge in [-0.25, -0.2) is 4.79 Å². The first kappa shape index (κ1) is 32.7. The number of halogens is 1. The van der Waals surface area contributed by atoms with Crippen LogP contribution in [-0.4, -0.2) is 51.8 Å². The van der Waals surface area contributed by atoms with Gasteiger partial charge in [0.1, 0.15) is 13.2 Å². The van der Waals surface area contributed by atoms with Crippen LogP contribution in [0.5, 0.6) is 11.5 Å². The number of ketones is 2. The summed E-state index contributed by atoms with van der Waals surface area (Å²) in [6.45, 7) is 10.1. The van der Waals surface area contributed by atoms with Crippen LogP contribution in [0.25, 0.3) is 0 Å². The number of Topliss-reactive ketones (excluding diaryl/α,β-unsaturated/α-hetero) is 2. The average molecular weight is 728 g/mol. The fourth-order valence-electron chi connectivity index (χ4n) is 6.76. The molecule has 2 N–H and O–H groups in total. The van der Waals surface area contributed by atoms with E-state index in [-0.39, 0.29) is 41.1 Å². The molecule has 0 aromatic heterocycles. The molecular formula is C35H38INO8. The number of aliphatic carboxylic acids is 1. The Bertz CT molecular complexity index is 1600. The number of ether oxygens (including phenoxy) is 2. The molecule has 10 heteroatoms. The highest BCUT2D eigenvalue weighted by atomic mass is 127. The number of rotatable bonds is 9. The smallest absolute Gasteiger partial charge is 0.335 e. The lowest BCUT2D eigenvalue weighted by Gasteiger charge is -2.48. The van der Waals surface area contributed by atoms with Crippen molar-refractivity contribution in [2.75, 3.05) is 13.2 Å². The Kier molecular flexibility index (Phi) is 8.91. The van der Waals surface area contributed by atoms with E-state index in [0.717, 1.165) is 14.7 Å². The highest BCUT2D eigenvalue weighted by Gasteiger charge is 2.49. The maximum Gasteiger partial charge on any atom is 0.335 e. The summed E-state index contributed by atoms with van der Waals surface area (Å²) in [4.78, 5) is 53.1. The number of hydrogen-bond donors (Lipinski definition) is 2. The lowest BCUT2D eigenvalue weighted by atomic mass is 9.63. The second-order valence-electron chi connectivity index (χ2n) is 13.6. The van der Waals surface area contributed by atoms with Crippen LogP contribution in [0.3, 0.4) is 0 Å². The minimum Gasteiger partial charge on any atom is -0.490 e. The topological polar surface area (TPSA) is 130 Å². The van der Waals surface area contributed by atoms with Gasteiger partial charge in [-0.2, -0.15) is 0 Å². The quantitative estimate of drug-likeness (QED) is 0.270. The Morgan fingerprint density at radius 1 is 0.889 bits per heavy atom. The van der Waals surface area contributed by atoms with Crippen LogP contribution >= 0.6 is 22.6 Å². The third kappa shape index (κ3) is 6.66. The number of nitrogens with zero attached hydrogens (tertiary/aromatic N) is 1. The number of aromatic carboxylic acids is 1. The van der Waals surface area contributed by atoms with Crippen molar-refractivity contribution in [1.82, 2.24) is 4.90 Å². The van der Waals surface area contributed by atoms with Crippen LogP contribution < -0.4 is 9.47 Å². The van der Waals surface area contributed by atoms with Gasteiger partial charge < -0.3 is 24.6 Å². The van der Waals surface area contributed by atoms with Crippen molar-refractivity contribution in [3.63, 3.8) is 0 Å². The molecule has 0 atom stereocenters. The minimum absolute atomic E-state index is 0.0797. The highest BCUT2D eigenvalue weighted by Crippen LogP contribution is 2.55. The van der Waals surface area contributed by atoms with Gasteiger partial charge in [0, 0.05) is 41.3 Å².